The molecule has 0 aromatic heterocycles. The Morgan fingerprint density at radius 3 is 2.65 bits per heavy atom. The maximum Gasteiger partial charge on any atom is 0.354 e. The zero-order valence-electron chi connectivity index (χ0n) is 11.0. The molecule has 4 heteroatoms. The van der Waals surface area contributed by atoms with Crippen LogP contribution in [0.5, 0.6) is 0 Å². The fourth-order valence-corrected chi connectivity index (χ4v) is 1.37. The molecule has 0 saturated carbocycles. The second-order valence-electron chi connectivity index (χ2n) is 5.50. The summed E-state index contributed by atoms with van der Waals surface area (Å²) >= 11 is 0. The van der Waals surface area contributed by atoms with Gasteiger partial charge in [0.25, 0.3) is 0 Å². The summed E-state index contributed by atoms with van der Waals surface area (Å²) in [5.41, 5.74) is -0.311. The molecule has 1 heterocycles. The highest BCUT2D eigenvalue weighted by atomic mass is 16.7. The molecule has 2 atom stereocenters. The highest BCUT2D eigenvalue weighted by molar-refractivity contribution is 5.96. The van der Waals surface area contributed by atoms with Crippen molar-refractivity contribution in [2.45, 2.75) is 52.7 Å². The molecule has 0 amide bonds. The van der Waals surface area contributed by atoms with Crippen LogP contribution in [0.1, 0.15) is 41.0 Å². The zero-order valence-corrected chi connectivity index (χ0v) is 11.0. The topological polar surface area (TPSA) is 47.9 Å². The van der Waals surface area contributed by atoms with E-state index in [2.05, 4.69) is 11.1 Å². The molecule has 94 valence electrons. The first-order valence-electron chi connectivity index (χ1n) is 5.62. The molecule has 0 aromatic rings. The van der Waals surface area contributed by atoms with Gasteiger partial charge < -0.3 is 9.57 Å². The van der Waals surface area contributed by atoms with E-state index in [1.54, 1.807) is 13.8 Å². The lowest BCUT2D eigenvalue weighted by atomic mass is 9.84. The number of hydrogen-bond donors (Lipinski definition) is 0. The van der Waals surface area contributed by atoms with E-state index in [1.807, 2.05) is 20.8 Å². The fraction of sp³-hybridized carbons (Fsp3) is 0.692. The molecule has 0 saturated heterocycles. The second kappa shape index (κ2) is 4.40. The Morgan fingerprint density at radius 2 is 2.24 bits per heavy atom. The number of hydrogen-bond acceptors (Lipinski definition) is 4. The van der Waals surface area contributed by atoms with Crippen molar-refractivity contribution in [2.75, 3.05) is 0 Å². The number of ether oxygens (including phenoxy) is 1. The van der Waals surface area contributed by atoms with Crippen molar-refractivity contribution < 1.29 is 14.4 Å². The Hall–Kier alpha value is -1.50. The van der Waals surface area contributed by atoms with Crippen molar-refractivity contribution in [3.05, 3.63) is 0 Å². The Balaban J connectivity index is 2.70. The lowest BCUT2D eigenvalue weighted by molar-refractivity contribution is -0.169. The van der Waals surface area contributed by atoms with Gasteiger partial charge in [0, 0.05) is 11.8 Å². The Bertz CT molecular complexity index is 386. The monoisotopic (exact) mass is 237 g/mol. The number of carbonyl (C=O) groups is 1. The van der Waals surface area contributed by atoms with Gasteiger partial charge >= 0.3 is 5.97 Å². The van der Waals surface area contributed by atoms with E-state index < -0.39 is 17.7 Å². The second-order valence-corrected chi connectivity index (χ2v) is 5.50. The first-order chi connectivity index (χ1) is 7.69. The van der Waals surface area contributed by atoms with Crippen LogP contribution in [0, 0.1) is 17.8 Å². The SMILES string of the molecule is C#CC(C)OC(=O)C1(C)CC(C(C)(C)C)=NO1. The van der Waals surface area contributed by atoms with Crippen LogP contribution in [0.25, 0.3) is 0 Å². The van der Waals surface area contributed by atoms with Crippen LogP contribution < -0.4 is 0 Å². The summed E-state index contributed by atoms with van der Waals surface area (Å²) in [7, 11) is 0. The number of carbonyl (C=O) groups excluding carboxylic acids is 1. The molecule has 1 rings (SSSR count). The summed E-state index contributed by atoms with van der Waals surface area (Å²) in [6, 6.07) is 0. The van der Waals surface area contributed by atoms with Gasteiger partial charge in [-0.25, -0.2) is 4.79 Å². The summed E-state index contributed by atoms with van der Waals surface area (Å²) in [5, 5.41) is 3.98. The lowest BCUT2D eigenvalue weighted by Gasteiger charge is -2.22. The molecular formula is C13H19NO3. The molecule has 2 unspecified atom stereocenters. The van der Waals surface area contributed by atoms with Gasteiger partial charge in [0.15, 0.2) is 6.10 Å². The minimum atomic E-state index is -1.05. The van der Waals surface area contributed by atoms with Crippen molar-refractivity contribution in [1.82, 2.24) is 0 Å². The molecule has 17 heavy (non-hydrogen) atoms. The van der Waals surface area contributed by atoms with Gasteiger partial charge in [-0.2, -0.15) is 0 Å². The highest BCUT2D eigenvalue weighted by Crippen LogP contribution is 2.32. The van der Waals surface area contributed by atoms with Gasteiger partial charge in [-0.3, -0.25) is 0 Å². The third kappa shape index (κ3) is 3.00. The van der Waals surface area contributed by atoms with Crippen LogP contribution in [-0.2, 0) is 14.4 Å². The van der Waals surface area contributed by atoms with Crippen LogP contribution in [0.15, 0.2) is 5.16 Å². The average Bonchev–Trinajstić information content (AvgIpc) is 2.61. The van der Waals surface area contributed by atoms with Crippen LogP contribution >= 0.6 is 0 Å². The molecule has 4 nitrogen and oxygen atoms in total. The molecule has 0 fully saturated rings. The van der Waals surface area contributed by atoms with E-state index in [9.17, 15) is 4.79 Å². The number of esters is 1. The molecule has 1 aliphatic heterocycles. The quantitative estimate of drug-likeness (QED) is 0.546. The zero-order chi connectivity index (χ0) is 13.3. The van der Waals surface area contributed by atoms with Crippen LogP contribution in [0.4, 0.5) is 0 Å². The molecule has 0 aliphatic carbocycles. The summed E-state index contributed by atoms with van der Waals surface area (Å²) < 4.78 is 5.07. The summed E-state index contributed by atoms with van der Waals surface area (Å²) in [5.74, 6) is 1.88. The van der Waals surface area contributed by atoms with E-state index in [0.29, 0.717) is 6.42 Å². The van der Waals surface area contributed by atoms with Gasteiger partial charge in [0.2, 0.25) is 5.60 Å². The number of nitrogens with zero attached hydrogens (tertiary/aromatic N) is 1. The first-order valence-corrected chi connectivity index (χ1v) is 5.62. The predicted octanol–water partition coefficient (Wildman–Crippen LogP) is 2.13. The van der Waals surface area contributed by atoms with Gasteiger partial charge in [-0.05, 0) is 13.8 Å². The first kappa shape index (κ1) is 13.6. The Kier molecular flexibility index (Phi) is 3.51. The van der Waals surface area contributed by atoms with E-state index in [1.165, 1.54) is 0 Å². The number of rotatable bonds is 2. The van der Waals surface area contributed by atoms with Crippen molar-refractivity contribution in [2.24, 2.45) is 10.6 Å². The smallest absolute Gasteiger partial charge is 0.354 e. The van der Waals surface area contributed by atoms with Crippen molar-refractivity contribution in [3.8, 4) is 12.3 Å². The van der Waals surface area contributed by atoms with Gasteiger partial charge in [-0.1, -0.05) is 31.8 Å². The van der Waals surface area contributed by atoms with E-state index >= 15 is 0 Å². The molecule has 0 bridgehead atoms. The van der Waals surface area contributed by atoms with Crippen molar-refractivity contribution in [3.63, 3.8) is 0 Å². The number of oxime groups is 1. The van der Waals surface area contributed by atoms with E-state index in [4.69, 9.17) is 16.0 Å². The Labute approximate surface area is 102 Å². The van der Waals surface area contributed by atoms with Crippen LogP contribution in [0.2, 0.25) is 0 Å². The largest absolute Gasteiger partial charge is 0.446 e. The van der Waals surface area contributed by atoms with E-state index in [-0.39, 0.29) is 5.41 Å². The molecular weight excluding hydrogens is 218 g/mol. The minimum Gasteiger partial charge on any atom is -0.446 e. The molecule has 0 N–H and O–H groups in total. The third-order valence-corrected chi connectivity index (χ3v) is 2.68. The van der Waals surface area contributed by atoms with Crippen LogP contribution in [0.3, 0.4) is 0 Å². The van der Waals surface area contributed by atoms with Crippen molar-refractivity contribution >= 4 is 11.7 Å². The van der Waals surface area contributed by atoms with Gasteiger partial charge in [0.1, 0.15) is 0 Å². The predicted molar refractivity (Wildman–Crippen MR) is 65.4 cm³/mol. The van der Waals surface area contributed by atoms with Gasteiger partial charge in [-0.15, -0.1) is 6.42 Å². The Morgan fingerprint density at radius 1 is 1.65 bits per heavy atom. The fourth-order valence-electron chi connectivity index (χ4n) is 1.37. The van der Waals surface area contributed by atoms with E-state index in [0.717, 1.165) is 5.71 Å². The van der Waals surface area contributed by atoms with Crippen molar-refractivity contribution in [1.29, 1.82) is 0 Å². The molecule has 0 spiro atoms. The molecule has 1 aliphatic rings. The standard InChI is InChI=1S/C13H19NO3/c1-7-9(2)16-11(15)13(6)8-10(14-17-13)12(3,4)5/h1,9H,8H2,2-6H3. The average molecular weight is 237 g/mol. The minimum absolute atomic E-state index is 0.115. The summed E-state index contributed by atoms with van der Waals surface area (Å²) in [6.07, 6.45) is 5.05. The molecule has 0 radical (unpaired) electrons. The summed E-state index contributed by atoms with van der Waals surface area (Å²) in [6.45, 7) is 9.38. The third-order valence-electron chi connectivity index (χ3n) is 2.68. The number of terminal acetylenes is 1. The molecule has 0 aromatic carbocycles. The maximum atomic E-state index is 11.9. The maximum absolute atomic E-state index is 11.9. The highest BCUT2D eigenvalue weighted by Gasteiger charge is 2.46. The van der Waals surface area contributed by atoms with Crippen LogP contribution in [-0.4, -0.2) is 23.4 Å². The lowest BCUT2D eigenvalue weighted by Crippen LogP contribution is -2.39. The summed E-state index contributed by atoms with van der Waals surface area (Å²) in [4.78, 5) is 17.1. The normalized spacial score (nSPS) is 25.5. The van der Waals surface area contributed by atoms with Gasteiger partial charge in [0.05, 0.1) is 5.71 Å².